The number of pyridine rings is 1. The number of aromatic nitrogens is 1. The molecule has 1 aliphatic heterocycles. The lowest BCUT2D eigenvalue weighted by molar-refractivity contribution is -0.144. The Morgan fingerprint density at radius 1 is 1.28 bits per heavy atom. The zero-order valence-corrected chi connectivity index (χ0v) is 13.6. The first-order chi connectivity index (χ1) is 11.8. The SMILES string of the molecule is Cc1cccc(CC(=O)N2CC(Oc3ncccc3C(F)(F)F)C2)c1. The predicted molar refractivity (Wildman–Crippen MR) is 85.1 cm³/mol. The Balaban J connectivity index is 1.56. The fourth-order valence-corrected chi connectivity index (χ4v) is 2.68. The largest absolute Gasteiger partial charge is 0.470 e. The van der Waals surface area contributed by atoms with Crippen LogP contribution < -0.4 is 4.74 Å². The summed E-state index contributed by atoms with van der Waals surface area (Å²) in [6, 6.07) is 9.80. The molecule has 0 N–H and O–H groups in total. The lowest BCUT2D eigenvalue weighted by Crippen LogP contribution is -2.56. The first-order valence-corrected chi connectivity index (χ1v) is 7.85. The van der Waals surface area contributed by atoms with Crippen molar-refractivity contribution in [3.05, 3.63) is 59.3 Å². The number of benzene rings is 1. The number of halogens is 3. The standard InChI is InChI=1S/C18H17F3N2O2/c1-12-4-2-5-13(8-12)9-16(24)23-10-14(11-23)25-17-15(18(19,20)21)6-3-7-22-17/h2-8,14H,9-11H2,1H3. The van der Waals surface area contributed by atoms with Crippen LogP contribution in [0.25, 0.3) is 0 Å². The highest BCUT2D eigenvalue weighted by Crippen LogP contribution is 2.35. The lowest BCUT2D eigenvalue weighted by atomic mass is 10.1. The fourth-order valence-electron chi connectivity index (χ4n) is 2.68. The molecule has 132 valence electrons. The van der Waals surface area contributed by atoms with Gasteiger partial charge in [-0.15, -0.1) is 0 Å². The van der Waals surface area contributed by atoms with E-state index in [1.165, 1.54) is 12.3 Å². The van der Waals surface area contributed by atoms with Crippen molar-refractivity contribution < 1.29 is 22.7 Å². The van der Waals surface area contributed by atoms with Crippen LogP contribution in [0, 0.1) is 6.92 Å². The lowest BCUT2D eigenvalue weighted by Gasteiger charge is -2.39. The van der Waals surface area contributed by atoms with E-state index in [1.807, 2.05) is 31.2 Å². The van der Waals surface area contributed by atoms with Gasteiger partial charge in [-0.2, -0.15) is 13.2 Å². The quantitative estimate of drug-likeness (QED) is 0.850. The maximum atomic E-state index is 12.9. The van der Waals surface area contributed by atoms with Crippen LogP contribution in [0.3, 0.4) is 0 Å². The third-order valence-corrected chi connectivity index (χ3v) is 3.99. The first kappa shape index (κ1) is 17.3. The monoisotopic (exact) mass is 350 g/mol. The normalized spacial score (nSPS) is 15.0. The molecule has 4 nitrogen and oxygen atoms in total. The average Bonchev–Trinajstić information content (AvgIpc) is 2.49. The van der Waals surface area contributed by atoms with Crippen LogP contribution >= 0.6 is 0 Å². The summed E-state index contributed by atoms with van der Waals surface area (Å²) in [7, 11) is 0. The summed E-state index contributed by atoms with van der Waals surface area (Å²) in [6.07, 6.45) is -3.47. The number of rotatable bonds is 4. The molecule has 0 aliphatic carbocycles. The van der Waals surface area contributed by atoms with Crippen LogP contribution in [0.1, 0.15) is 16.7 Å². The molecule has 1 fully saturated rings. The van der Waals surface area contributed by atoms with Gasteiger partial charge in [-0.1, -0.05) is 29.8 Å². The van der Waals surface area contributed by atoms with Crippen LogP contribution in [0.5, 0.6) is 5.88 Å². The van der Waals surface area contributed by atoms with E-state index in [9.17, 15) is 18.0 Å². The minimum atomic E-state index is -4.52. The number of aryl methyl sites for hydroxylation is 1. The molecule has 0 unspecified atom stereocenters. The van der Waals surface area contributed by atoms with Crippen molar-refractivity contribution in [2.24, 2.45) is 0 Å². The van der Waals surface area contributed by atoms with Crippen LogP contribution in [-0.2, 0) is 17.4 Å². The summed E-state index contributed by atoms with van der Waals surface area (Å²) in [5, 5.41) is 0. The molecule has 25 heavy (non-hydrogen) atoms. The molecule has 7 heteroatoms. The smallest absolute Gasteiger partial charge is 0.421 e. The summed E-state index contributed by atoms with van der Waals surface area (Å²) in [5.74, 6) is -0.506. The van der Waals surface area contributed by atoms with E-state index in [-0.39, 0.29) is 25.4 Å². The second kappa shape index (κ2) is 6.74. The topological polar surface area (TPSA) is 42.4 Å². The number of carbonyl (C=O) groups is 1. The van der Waals surface area contributed by atoms with Crippen molar-refractivity contribution in [1.82, 2.24) is 9.88 Å². The molecule has 1 saturated heterocycles. The number of ether oxygens (including phenoxy) is 1. The van der Waals surface area contributed by atoms with Gasteiger partial charge in [0.25, 0.3) is 0 Å². The first-order valence-electron chi connectivity index (χ1n) is 7.85. The Bertz CT molecular complexity index is 771. The number of alkyl halides is 3. The van der Waals surface area contributed by atoms with Crippen LogP contribution in [0.2, 0.25) is 0 Å². The molecule has 0 saturated carbocycles. The maximum absolute atomic E-state index is 12.9. The van der Waals surface area contributed by atoms with Gasteiger partial charge in [0.05, 0.1) is 19.5 Å². The van der Waals surface area contributed by atoms with E-state index in [0.717, 1.165) is 17.2 Å². The molecule has 0 atom stereocenters. The molecular formula is C18H17F3N2O2. The van der Waals surface area contributed by atoms with Gasteiger partial charge in [0, 0.05) is 6.20 Å². The van der Waals surface area contributed by atoms with Crippen molar-refractivity contribution in [3.63, 3.8) is 0 Å². The maximum Gasteiger partial charge on any atom is 0.421 e. The van der Waals surface area contributed by atoms with E-state index in [4.69, 9.17) is 4.74 Å². The highest BCUT2D eigenvalue weighted by Gasteiger charge is 2.38. The van der Waals surface area contributed by atoms with E-state index < -0.39 is 23.7 Å². The molecule has 0 radical (unpaired) electrons. The molecular weight excluding hydrogens is 333 g/mol. The van der Waals surface area contributed by atoms with Crippen LogP contribution in [0.4, 0.5) is 13.2 Å². The van der Waals surface area contributed by atoms with Gasteiger partial charge < -0.3 is 9.64 Å². The molecule has 1 aromatic carbocycles. The summed E-state index contributed by atoms with van der Waals surface area (Å²) < 4.78 is 44.1. The van der Waals surface area contributed by atoms with Crippen molar-refractivity contribution in [1.29, 1.82) is 0 Å². The molecule has 0 spiro atoms. The second-order valence-corrected chi connectivity index (χ2v) is 6.06. The van der Waals surface area contributed by atoms with Gasteiger partial charge in [-0.3, -0.25) is 4.79 Å². The van der Waals surface area contributed by atoms with Crippen molar-refractivity contribution >= 4 is 5.91 Å². The Morgan fingerprint density at radius 3 is 2.72 bits per heavy atom. The number of nitrogens with zero attached hydrogens (tertiary/aromatic N) is 2. The Morgan fingerprint density at radius 2 is 2.04 bits per heavy atom. The van der Waals surface area contributed by atoms with Crippen molar-refractivity contribution in [3.8, 4) is 5.88 Å². The average molecular weight is 350 g/mol. The number of carbonyl (C=O) groups excluding carboxylic acids is 1. The van der Waals surface area contributed by atoms with Gasteiger partial charge in [0.1, 0.15) is 11.7 Å². The number of hydrogen-bond donors (Lipinski definition) is 0. The minimum absolute atomic E-state index is 0.0671. The van der Waals surface area contributed by atoms with Gasteiger partial charge in [0.15, 0.2) is 0 Å². The highest BCUT2D eigenvalue weighted by atomic mass is 19.4. The summed E-state index contributed by atoms with van der Waals surface area (Å²) in [5.41, 5.74) is 1.09. The van der Waals surface area contributed by atoms with Gasteiger partial charge in [0.2, 0.25) is 11.8 Å². The highest BCUT2D eigenvalue weighted by molar-refractivity contribution is 5.79. The van der Waals surface area contributed by atoms with E-state index in [1.54, 1.807) is 4.90 Å². The van der Waals surface area contributed by atoms with Crippen molar-refractivity contribution in [2.45, 2.75) is 25.6 Å². The fraction of sp³-hybridized carbons (Fsp3) is 0.333. The van der Waals surface area contributed by atoms with E-state index in [2.05, 4.69) is 4.98 Å². The Kier molecular flexibility index (Phi) is 4.65. The summed E-state index contributed by atoms with van der Waals surface area (Å²) in [6.45, 7) is 2.48. The molecule has 1 amide bonds. The second-order valence-electron chi connectivity index (χ2n) is 6.06. The van der Waals surface area contributed by atoms with Crippen LogP contribution in [-0.4, -0.2) is 35.0 Å². The zero-order chi connectivity index (χ0) is 18.0. The summed E-state index contributed by atoms with van der Waals surface area (Å²) in [4.78, 5) is 17.4. The zero-order valence-electron chi connectivity index (χ0n) is 13.6. The molecule has 2 aromatic rings. The molecule has 0 bridgehead atoms. The van der Waals surface area contributed by atoms with Gasteiger partial charge >= 0.3 is 6.18 Å². The van der Waals surface area contributed by atoms with Gasteiger partial charge in [-0.05, 0) is 24.6 Å². The van der Waals surface area contributed by atoms with Crippen LogP contribution in [0.15, 0.2) is 42.6 Å². The minimum Gasteiger partial charge on any atom is -0.470 e. The molecule has 1 aromatic heterocycles. The Labute approximate surface area is 143 Å². The summed E-state index contributed by atoms with van der Waals surface area (Å²) >= 11 is 0. The van der Waals surface area contributed by atoms with E-state index in [0.29, 0.717) is 0 Å². The molecule has 3 rings (SSSR count). The third-order valence-electron chi connectivity index (χ3n) is 3.99. The molecule has 1 aliphatic rings. The third kappa shape index (κ3) is 4.10. The predicted octanol–water partition coefficient (Wildman–Crippen LogP) is 3.24. The number of likely N-dealkylation sites (tertiary alicyclic amines) is 1. The number of amides is 1. The van der Waals surface area contributed by atoms with Gasteiger partial charge in [-0.25, -0.2) is 4.98 Å². The van der Waals surface area contributed by atoms with Crippen molar-refractivity contribution in [2.75, 3.05) is 13.1 Å². The number of hydrogen-bond acceptors (Lipinski definition) is 3. The van der Waals surface area contributed by atoms with E-state index >= 15 is 0 Å². The Hall–Kier alpha value is -2.57. The molecule has 2 heterocycles.